The van der Waals surface area contributed by atoms with Crippen molar-refractivity contribution in [2.75, 3.05) is 19.6 Å². The van der Waals surface area contributed by atoms with E-state index in [0.717, 1.165) is 38.9 Å². The lowest BCUT2D eigenvalue weighted by Crippen LogP contribution is -2.38. The Bertz CT molecular complexity index is 667. The number of hydrogen-bond donors (Lipinski definition) is 1. The van der Waals surface area contributed by atoms with Crippen LogP contribution in [0.1, 0.15) is 77.3 Å². The summed E-state index contributed by atoms with van der Waals surface area (Å²) in [5, 5.41) is 3.80. The highest BCUT2D eigenvalue weighted by molar-refractivity contribution is 5.68. The quantitative estimate of drug-likeness (QED) is 0.636. The molecule has 0 aromatic heterocycles. The van der Waals surface area contributed by atoms with Crippen LogP contribution in [0.3, 0.4) is 0 Å². The van der Waals surface area contributed by atoms with Gasteiger partial charge in [-0.1, -0.05) is 31.2 Å². The lowest BCUT2D eigenvalue weighted by molar-refractivity contribution is 0.0247. The Balaban J connectivity index is 1.40. The second-order valence-electron chi connectivity index (χ2n) is 9.55. The third-order valence-electron chi connectivity index (χ3n) is 6.09. The molecule has 2 atom stereocenters. The number of benzene rings is 1. The standard InChI is InChI=1S/C24H38N2O2/c1-5-16-26(22(27)28-23(2,3)4)17-9-8-15-25-21-18-24(21)14-10-12-19-11-6-7-13-20(19)24/h6-7,11,13,21,25H,5,8-10,12,14-18H2,1-4H3. The lowest BCUT2D eigenvalue weighted by Gasteiger charge is -2.27. The van der Waals surface area contributed by atoms with Crippen molar-refractivity contribution in [3.63, 3.8) is 0 Å². The van der Waals surface area contributed by atoms with Crippen LogP contribution in [0.15, 0.2) is 24.3 Å². The van der Waals surface area contributed by atoms with Gasteiger partial charge in [-0.15, -0.1) is 0 Å². The lowest BCUT2D eigenvalue weighted by atomic mass is 9.79. The van der Waals surface area contributed by atoms with Crippen LogP contribution in [0.4, 0.5) is 4.79 Å². The van der Waals surface area contributed by atoms with E-state index >= 15 is 0 Å². The summed E-state index contributed by atoms with van der Waals surface area (Å²) in [7, 11) is 0. The first-order valence-electron chi connectivity index (χ1n) is 11.2. The third kappa shape index (κ3) is 5.08. The molecule has 4 heteroatoms. The van der Waals surface area contributed by atoms with Crippen LogP contribution in [-0.2, 0) is 16.6 Å². The highest BCUT2D eigenvalue weighted by Crippen LogP contribution is 2.55. The molecule has 0 radical (unpaired) electrons. The maximum atomic E-state index is 12.3. The van der Waals surface area contributed by atoms with E-state index in [2.05, 4.69) is 36.5 Å². The van der Waals surface area contributed by atoms with Crippen molar-refractivity contribution >= 4 is 6.09 Å². The van der Waals surface area contributed by atoms with Gasteiger partial charge in [-0.3, -0.25) is 0 Å². The summed E-state index contributed by atoms with van der Waals surface area (Å²) in [6.07, 6.45) is 8.05. The van der Waals surface area contributed by atoms with E-state index in [9.17, 15) is 4.79 Å². The molecule has 1 fully saturated rings. The number of aryl methyl sites for hydroxylation is 1. The molecule has 2 aliphatic carbocycles. The zero-order valence-electron chi connectivity index (χ0n) is 18.2. The van der Waals surface area contributed by atoms with Crippen molar-refractivity contribution in [3.05, 3.63) is 35.4 Å². The van der Waals surface area contributed by atoms with Crippen molar-refractivity contribution in [3.8, 4) is 0 Å². The number of unbranched alkanes of at least 4 members (excludes halogenated alkanes) is 1. The van der Waals surface area contributed by atoms with E-state index in [0.29, 0.717) is 11.5 Å². The van der Waals surface area contributed by atoms with E-state index in [1.807, 2.05) is 25.7 Å². The number of carbonyl (C=O) groups excluding carboxylic acids is 1. The predicted molar refractivity (Wildman–Crippen MR) is 115 cm³/mol. The van der Waals surface area contributed by atoms with Crippen LogP contribution in [-0.4, -0.2) is 42.3 Å². The van der Waals surface area contributed by atoms with Gasteiger partial charge in [-0.2, -0.15) is 0 Å². The molecule has 4 nitrogen and oxygen atoms in total. The van der Waals surface area contributed by atoms with Gasteiger partial charge in [-0.25, -0.2) is 4.79 Å². The van der Waals surface area contributed by atoms with E-state index in [4.69, 9.17) is 4.74 Å². The molecule has 3 rings (SSSR count). The second kappa shape index (κ2) is 8.86. The summed E-state index contributed by atoms with van der Waals surface area (Å²) < 4.78 is 5.54. The van der Waals surface area contributed by atoms with Gasteiger partial charge in [0.25, 0.3) is 0 Å². The molecule has 28 heavy (non-hydrogen) atoms. The van der Waals surface area contributed by atoms with Crippen LogP contribution < -0.4 is 5.32 Å². The molecule has 0 saturated heterocycles. The fraction of sp³-hybridized carbons (Fsp3) is 0.708. The minimum absolute atomic E-state index is 0.178. The molecular weight excluding hydrogens is 348 g/mol. The van der Waals surface area contributed by atoms with Gasteiger partial charge in [0.1, 0.15) is 5.60 Å². The van der Waals surface area contributed by atoms with Gasteiger partial charge in [-0.05, 0) is 83.4 Å². The highest BCUT2D eigenvalue weighted by Gasteiger charge is 2.56. The molecule has 156 valence electrons. The van der Waals surface area contributed by atoms with Gasteiger partial charge >= 0.3 is 6.09 Å². The van der Waals surface area contributed by atoms with Gasteiger partial charge in [0.2, 0.25) is 0 Å². The minimum atomic E-state index is -0.429. The topological polar surface area (TPSA) is 41.6 Å². The fourth-order valence-electron chi connectivity index (χ4n) is 4.69. The number of ether oxygens (including phenoxy) is 1. The molecule has 2 aliphatic rings. The largest absolute Gasteiger partial charge is 0.444 e. The molecule has 1 aromatic carbocycles. The number of rotatable bonds is 8. The Morgan fingerprint density at radius 1 is 1.25 bits per heavy atom. The van der Waals surface area contributed by atoms with E-state index < -0.39 is 5.60 Å². The molecule has 0 bridgehead atoms. The first-order chi connectivity index (χ1) is 13.4. The molecule has 0 aliphatic heterocycles. The second-order valence-corrected chi connectivity index (χ2v) is 9.55. The highest BCUT2D eigenvalue weighted by atomic mass is 16.6. The fourth-order valence-corrected chi connectivity index (χ4v) is 4.69. The monoisotopic (exact) mass is 386 g/mol. The zero-order chi connectivity index (χ0) is 20.2. The van der Waals surface area contributed by atoms with Crippen molar-refractivity contribution in [1.82, 2.24) is 10.2 Å². The predicted octanol–water partition coefficient (Wildman–Crippen LogP) is 5.05. The van der Waals surface area contributed by atoms with Crippen LogP contribution in [0.5, 0.6) is 0 Å². The normalized spacial score (nSPS) is 23.4. The van der Waals surface area contributed by atoms with Crippen molar-refractivity contribution < 1.29 is 9.53 Å². The van der Waals surface area contributed by atoms with E-state index in [1.54, 1.807) is 11.1 Å². The Labute approximate surface area is 171 Å². The Hall–Kier alpha value is -1.55. The average Bonchev–Trinajstić information content (AvgIpc) is 3.32. The van der Waals surface area contributed by atoms with Gasteiger partial charge in [0.05, 0.1) is 0 Å². The molecule has 1 aromatic rings. The molecule has 1 spiro atoms. The van der Waals surface area contributed by atoms with Crippen LogP contribution in [0, 0.1) is 0 Å². The smallest absolute Gasteiger partial charge is 0.410 e. The number of amides is 1. The van der Waals surface area contributed by atoms with Crippen LogP contribution in [0.25, 0.3) is 0 Å². The van der Waals surface area contributed by atoms with Crippen LogP contribution >= 0.6 is 0 Å². The summed E-state index contributed by atoms with van der Waals surface area (Å²) in [4.78, 5) is 14.2. The van der Waals surface area contributed by atoms with E-state index in [-0.39, 0.29) is 6.09 Å². The van der Waals surface area contributed by atoms with E-state index in [1.165, 1.54) is 25.7 Å². The number of fused-ring (bicyclic) bond motifs is 2. The summed E-state index contributed by atoms with van der Waals surface area (Å²) >= 11 is 0. The SMILES string of the molecule is CCCN(CCCCNC1CC12CCCc1ccccc12)C(=O)OC(C)(C)C. The third-order valence-corrected chi connectivity index (χ3v) is 6.09. The first-order valence-corrected chi connectivity index (χ1v) is 11.2. The van der Waals surface area contributed by atoms with Gasteiger partial charge in [0.15, 0.2) is 0 Å². The average molecular weight is 387 g/mol. The van der Waals surface area contributed by atoms with Crippen molar-refractivity contribution in [2.24, 2.45) is 0 Å². The molecule has 0 heterocycles. The summed E-state index contributed by atoms with van der Waals surface area (Å²) in [5.74, 6) is 0. The zero-order valence-corrected chi connectivity index (χ0v) is 18.2. The van der Waals surface area contributed by atoms with Crippen molar-refractivity contribution in [2.45, 2.75) is 89.7 Å². The first kappa shape index (κ1) is 21.2. The maximum absolute atomic E-state index is 12.3. The molecule has 1 saturated carbocycles. The number of nitrogens with one attached hydrogen (secondary N) is 1. The minimum Gasteiger partial charge on any atom is -0.444 e. The Kier molecular flexibility index (Phi) is 6.69. The maximum Gasteiger partial charge on any atom is 0.410 e. The Morgan fingerprint density at radius 2 is 2.04 bits per heavy atom. The van der Waals surface area contributed by atoms with Gasteiger partial charge < -0.3 is 15.0 Å². The molecule has 2 unspecified atom stereocenters. The summed E-state index contributed by atoms with van der Waals surface area (Å²) in [5.41, 5.74) is 3.13. The summed E-state index contributed by atoms with van der Waals surface area (Å²) in [6.45, 7) is 10.5. The van der Waals surface area contributed by atoms with Gasteiger partial charge in [0, 0.05) is 24.5 Å². The Morgan fingerprint density at radius 3 is 2.79 bits per heavy atom. The molecule has 1 amide bonds. The number of nitrogens with zero attached hydrogens (tertiary/aromatic N) is 1. The molecular formula is C24H38N2O2. The number of carbonyl (C=O) groups is 1. The number of hydrogen-bond acceptors (Lipinski definition) is 3. The van der Waals surface area contributed by atoms with Crippen molar-refractivity contribution in [1.29, 1.82) is 0 Å². The molecule has 1 N–H and O–H groups in total. The summed E-state index contributed by atoms with van der Waals surface area (Å²) in [6, 6.07) is 9.66. The van der Waals surface area contributed by atoms with Crippen LogP contribution in [0.2, 0.25) is 0 Å².